The minimum absolute atomic E-state index is 0. The first kappa shape index (κ1) is 17.3. The fourth-order valence-corrected chi connectivity index (χ4v) is 2.39. The number of halogens is 3. The quantitative estimate of drug-likeness (QED) is 0.807. The van der Waals surface area contributed by atoms with Crippen molar-refractivity contribution in [2.45, 2.75) is 13.2 Å². The lowest BCUT2D eigenvalue weighted by Gasteiger charge is -2.12. The minimum Gasteiger partial charge on any atom is -0.489 e. The monoisotopic (exact) mass is 375 g/mol. The molecule has 0 aliphatic heterocycles. The van der Waals surface area contributed by atoms with E-state index in [-0.39, 0.29) is 12.4 Å². The number of nitrogens with one attached hydrogen (secondary N) is 1. The molecule has 0 saturated heterocycles. The Bertz CT molecular complexity index is 563. The normalized spacial score (nSPS) is 9.95. The van der Waals surface area contributed by atoms with Crippen molar-refractivity contribution >= 4 is 39.9 Å². The molecule has 0 aliphatic rings. The lowest BCUT2D eigenvalue weighted by atomic mass is 10.2. The summed E-state index contributed by atoms with van der Waals surface area (Å²) in [7, 11) is 1.92. The number of benzene rings is 2. The van der Waals surface area contributed by atoms with Gasteiger partial charge in [0.25, 0.3) is 0 Å². The summed E-state index contributed by atoms with van der Waals surface area (Å²) in [5.41, 5.74) is 2.10. The third kappa shape index (κ3) is 4.67. The van der Waals surface area contributed by atoms with E-state index in [1.165, 1.54) is 0 Å². The van der Waals surface area contributed by atoms with Crippen molar-refractivity contribution in [1.82, 2.24) is 5.32 Å². The van der Waals surface area contributed by atoms with Crippen molar-refractivity contribution < 1.29 is 4.74 Å². The van der Waals surface area contributed by atoms with E-state index in [1.54, 1.807) is 0 Å². The molecule has 0 atom stereocenters. The standard InChI is InChI=1S/C15H15BrClNO.ClH/c1-18-9-12-8-13(16)6-7-15(12)19-10-11-4-2-3-5-14(11)17;/h2-8,18H,9-10H2,1H3;1H. The molecule has 2 aromatic rings. The van der Waals surface area contributed by atoms with E-state index >= 15 is 0 Å². The van der Waals surface area contributed by atoms with Crippen molar-refractivity contribution in [3.05, 3.63) is 63.1 Å². The van der Waals surface area contributed by atoms with Crippen LogP contribution < -0.4 is 10.1 Å². The molecule has 1 N–H and O–H groups in total. The maximum Gasteiger partial charge on any atom is 0.124 e. The summed E-state index contributed by atoms with van der Waals surface area (Å²) in [6.07, 6.45) is 0. The Morgan fingerprint density at radius 2 is 1.90 bits per heavy atom. The fourth-order valence-electron chi connectivity index (χ4n) is 1.79. The topological polar surface area (TPSA) is 21.3 Å². The summed E-state index contributed by atoms with van der Waals surface area (Å²) >= 11 is 9.59. The molecule has 5 heteroatoms. The Kier molecular flexibility index (Phi) is 7.38. The second-order valence-electron chi connectivity index (χ2n) is 4.16. The molecule has 0 amide bonds. The molecule has 108 valence electrons. The molecule has 0 radical (unpaired) electrons. The fraction of sp³-hybridized carbons (Fsp3) is 0.200. The molecule has 0 aromatic heterocycles. The molecule has 2 nitrogen and oxygen atoms in total. The first-order valence-corrected chi connectivity index (χ1v) is 7.17. The van der Waals surface area contributed by atoms with Crippen molar-refractivity contribution in [2.24, 2.45) is 0 Å². The van der Waals surface area contributed by atoms with Gasteiger partial charge in [-0.3, -0.25) is 0 Å². The van der Waals surface area contributed by atoms with Gasteiger partial charge in [0.05, 0.1) is 0 Å². The largest absolute Gasteiger partial charge is 0.489 e. The molecular weight excluding hydrogens is 361 g/mol. The first-order valence-electron chi connectivity index (χ1n) is 6.00. The lowest BCUT2D eigenvalue weighted by Crippen LogP contribution is -2.07. The van der Waals surface area contributed by atoms with Crippen LogP contribution in [0.4, 0.5) is 0 Å². The first-order chi connectivity index (χ1) is 9.20. The van der Waals surface area contributed by atoms with Crippen molar-refractivity contribution in [1.29, 1.82) is 0 Å². The predicted molar refractivity (Wildman–Crippen MR) is 89.9 cm³/mol. The Balaban J connectivity index is 0.00000200. The molecule has 0 unspecified atom stereocenters. The van der Waals surface area contributed by atoms with Gasteiger partial charge in [0.2, 0.25) is 0 Å². The van der Waals surface area contributed by atoms with Crippen LogP contribution in [-0.2, 0) is 13.2 Å². The van der Waals surface area contributed by atoms with Gasteiger partial charge >= 0.3 is 0 Å². The zero-order valence-electron chi connectivity index (χ0n) is 11.0. The van der Waals surface area contributed by atoms with Crippen LogP contribution in [0.3, 0.4) is 0 Å². The summed E-state index contributed by atoms with van der Waals surface area (Å²) in [5, 5.41) is 3.87. The number of rotatable bonds is 5. The van der Waals surface area contributed by atoms with Gasteiger partial charge in [-0.05, 0) is 31.3 Å². The van der Waals surface area contributed by atoms with Gasteiger partial charge < -0.3 is 10.1 Å². The molecule has 0 aliphatic carbocycles. The van der Waals surface area contributed by atoms with Gasteiger partial charge in [-0.2, -0.15) is 0 Å². The molecule has 2 aromatic carbocycles. The highest BCUT2D eigenvalue weighted by Gasteiger charge is 2.06. The molecule has 0 spiro atoms. The van der Waals surface area contributed by atoms with Crippen molar-refractivity contribution in [2.75, 3.05) is 7.05 Å². The number of hydrogen-bond acceptors (Lipinski definition) is 2. The van der Waals surface area contributed by atoms with E-state index in [4.69, 9.17) is 16.3 Å². The Morgan fingerprint density at radius 1 is 1.15 bits per heavy atom. The number of hydrogen-bond donors (Lipinski definition) is 1. The van der Waals surface area contributed by atoms with Crippen molar-refractivity contribution in [3.8, 4) is 5.75 Å². The van der Waals surface area contributed by atoms with Crippen LogP contribution in [0.25, 0.3) is 0 Å². The highest BCUT2D eigenvalue weighted by Crippen LogP contribution is 2.25. The third-order valence-corrected chi connectivity index (χ3v) is 3.59. The van der Waals surface area contributed by atoms with E-state index in [0.717, 1.165) is 32.9 Å². The van der Waals surface area contributed by atoms with Crippen LogP contribution >= 0.6 is 39.9 Å². The summed E-state index contributed by atoms with van der Waals surface area (Å²) in [6, 6.07) is 13.7. The second kappa shape index (κ2) is 8.53. The smallest absolute Gasteiger partial charge is 0.124 e. The summed E-state index contributed by atoms with van der Waals surface area (Å²) in [6.45, 7) is 1.23. The predicted octanol–water partition coefficient (Wildman–Crippen LogP) is 4.82. The Hall–Kier alpha value is -0.740. The van der Waals surface area contributed by atoms with Gasteiger partial charge in [-0.15, -0.1) is 12.4 Å². The Morgan fingerprint density at radius 3 is 2.60 bits per heavy atom. The van der Waals surface area contributed by atoms with Crippen LogP contribution in [0.5, 0.6) is 5.75 Å². The number of ether oxygens (including phenoxy) is 1. The van der Waals surface area contributed by atoms with Crippen LogP contribution in [0.1, 0.15) is 11.1 Å². The average Bonchev–Trinajstić information content (AvgIpc) is 2.40. The lowest BCUT2D eigenvalue weighted by molar-refractivity contribution is 0.302. The molecule has 0 heterocycles. The SMILES string of the molecule is CNCc1cc(Br)ccc1OCc1ccccc1Cl.Cl. The average molecular weight is 377 g/mol. The molecular formula is C15H16BrCl2NO. The van der Waals surface area contributed by atoms with Crippen LogP contribution in [0.15, 0.2) is 46.9 Å². The van der Waals surface area contributed by atoms with Crippen molar-refractivity contribution in [3.63, 3.8) is 0 Å². The zero-order chi connectivity index (χ0) is 13.7. The summed E-state index contributed by atoms with van der Waals surface area (Å²) in [4.78, 5) is 0. The molecule has 0 bridgehead atoms. The minimum atomic E-state index is 0. The molecule has 2 rings (SSSR count). The maximum absolute atomic E-state index is 6.12. The Labute approximate surface area is 139 Å². The van der Waals surface area contributed by atoms with Gasteiger partial charge in [0, 0.05) is 27.2 Å². The van der Waals surface area contributed by atoms with Crippen LogP contribution in [0.2, 0.25) is 5.02 Å². The molecule has 20 heavy (non-hydrogen) atoms. The van der Waals surface area contributed by atoms with Crippen LogP contribution in [0, 0.1) is 0 Å². The summed E-state index contributed by atoms with van der Waals surface area (Å²) < 4.78 is 6.91. The van der Waals surface area contributed by atoms with E-state index in [2.05, 4.69) is 27.3 Å². The van der Waals surface area contributed by atoms with Gasteiger partial charge in [-0.25, -0.2) is 0 Å². The van der Waals surface area contributed by atoms with Gasteiger partial charge in [0.15, 0.2) is 0 Å². The second-order valence-corrected chi connectivity index (χ2v) is 5.49. The van der Waals surface area contributed by atoms with E-state index in [1.807, 2.05) is 43.4 Å². The molecule has 0 saturated carbocycles. The van der Waals surface area contributed by atoms with E-state index in [9.17, 15) is 0 Å². The van der Waals surface area contributed by atoms with Gasteiger partial charge in [0.1, 0.15) is 12.4 Å². The zero-order valence-corrected chi connectivity index (χ0v) is 14.2. The van der Waals surface area contributed by atoms with Gasteiger partial charge in [-0.1, -0.05) is 45.7 Å². The molecule has 0 fully saturated rings. The summed E-state index contributed by atoms with van der Waals surface area (Å²) in [5.74, 6) is 0.873. The highest BCUT2D eigenvalue weighted by molar-refractivity contribution is 9.10. The third-order valence-electron chi connectivity index (χ3n) is 2.73. The van der Waals surface area contributed by atoms with Crippen LogP contribution in [-0.4, -0.2) is 7.05 Å². The van der Waals surface area contributed by atoms with E-state index < -0.39 is 0 Å². The maximum atomic E-state index is 6.12. The highest BCUT2D eigenvalue weighted by atomic mass is 79.9. The van der Waals surface area contributed by atoms with E-state index in [0.29, 0.717) is 6.61 Å².